The molecule has 0 aliphatic rings. The maximum absolute atomic E-state index is 6.17. The Morgan fingerprint density at radius 1 is 1.41 bits per heavy atom. The van der Waals surface area contributed by atoms with Gasteiger partial charge in [0.05, 0.1) is 26.8 Å². The molecule has 17 heavy (non-hydrogen) atoms. The predicted molar refractivity (Wildman–Crippen MR) is 74.6 cm³/mol. The standard InChI is InChI=1S/C11H10BrCl2N3/c1-6(17-11(15)8(12)5-16-17)7-3-2-4-9(13)10(7)14/h2-6H,15H2,1H3. The number of nitrogen functional groups attached to an aromatic ring is 1. The van der Waals surface area contributed by atoms with E-state index in [9.17, 15) is 0 Å². The molecule has 0 amide bonds. The van der Waals surface area contributed by atoms with Gasteiger partial charge in [-0.2, -0.15) is 5.10 Å². The molecular weight excluding hydrogens is 325 g/mol. The van der Waals surface area contributed by atoms with Crippen molar-refractivity contribution in [2.45, 2.75) is 13.0 Å². The number of rotatable bonds is 2. The topological polar surface area (TPSA) is 43.8 Å². The Hall–Kier alpha value is -0.710. The summed E-state index contributed by atoms with van der Waals surface area (Å²) in [7, 11) is 0. The Morgan fingerprint density at radius 2 is 2.12 bits per heavy atom. The summed E-state index contributed by atoms with van der Waals surface area (Å²) < 4.78 is 2.46. The third-order valence-corrected chi connectivity index (χ3v) is 4.03. The molecule has 2 N–H and O–H groups in total. The van der Waals surface area contributed by atoms with Crippen molar-refractivity contribution in [2.24, 2.45) is 0 Å². The fraction of sp³-hybridized carbons (Fsp3) is 0.182. The minimum atomic E-state index is -0.0764. The zero-order chi connectivity index (χ0) is 12.6. The van der Waals surface area contributed by atoms with Crippen LogP contribution in [0.2, 0.25) is 10.0 Å². The van der Waals surface area contributed by atoms with Gasteiger partial charge < -0.3 is 5.73 Å². The zero-order valence-corrected chi connectivity index (χ0v) is 12.1. The van der Waals surface area contributed by atoms with E-state index in [4.69, 9.17) is 28.9 Å². The molecule has 0 radical (unpaired) electrons. The first-order valence-corrected chi connectivity index (χ1v) is 6.49. The first-order valence-electron chi connectivity index (χ1n) is 4.94. The quantitative estimate of drug-likeness (QED) is 0.896. The van der Waals surface area contributed by atoms with Crippen molar-refractivity contribution >= 4 is 44.9 Å². The van der Waals surface area contributed by atoms with Gasteiger partial charge in [-0.3, -0.25) is 0 Å². The van der Waals surface area contributed by atoms with Crippen LogP contribution in [0.25, 0.3) is 0 Å². The van der Waals surface area contributed by atoms with Gasteiger partial charge in [0.1, 0.15) is 5.82 Å². The summed E-state index contributed by atoms with van der Waals surface area (Å²) in [5.41, 5.74) is 6.80. The van der Waals surface area contributed by atoms with Gasteiger partial charge >= 0.3 is 0 Å². The van der Waals surface area contributed by atoms with E-state index in [1.54, 1.807) is 16.9 Å². The number of hydrogen-bond acceptors (Lipinski definition) is 2. The molecule has 0 aliphatic heterocycles. The summed E-state index contributed by atoms with van der Waals surface area (Å²) in [5.74, 6) is 0.563. The molecule has 1 aromatic heterocycles. The second-order valence-electron chi connectivity index (χ2n) is 3.64. The molecule has 2 rings (SSSR count). The molecule has 3 nitrogen and oxygen atoms in total. The van der Waals surface area contributed by atoms with Crippen molar-refractivity contribution in [1.29, 1.82) is 0 Å². The summed E-state index contributed by atoms with van der Waals surface area (Å²) in [6, 6.07) is 5.44. The van der Waals surface area contributed by atoms with Crippen molar-refractivity contribution in [2.75, 3.05) is 5.73 Å². The fourth-order valence-electron chi connectivity index (χ4n) is 1.63. The van der Waals surface area contributed by atoms with Crippen LogP contribution < -0.4 is 5.73 Å². The highest BCUT2D eigenvalue weighted by molar-refractivity contribution is 9.10. The van der Waals surface area contributed by atoms with Crippen LogP contribution in [0.15, 0.2) is 28.9 Å². The molecule has 0 bridgehead atoms. The maximum Gasteiger partial charge on any atom is 0.136 e. The summed E-state index contributed by atoms with van der Waals surface area (Å²) in [5, 5.41) is 5.27. The smallest absolute Gasteiger partial charge is 0.136 e. The Bertz CT molecular complexity index is 554. The number of halogens is 3. The number of nitrogens with zero attached hydrogens (tertiary/aromatic N) is 2. The van der Waals surface area contributed by atoms with Crippen LogP contribution in [0.3, 0.4) is 0 Å². The summed E-state index contributed by atoms with van der Waals surface area (Å²) >= 11 is 15.5. The third-order valence-electron chi connectivity index (χ3n) is 2.59. The van der Waals surface area contributed by atoms with Gasteiger partial charge in [-0.05, 0) is 34.5 Å². The van der Waals surface area contributed by atoms with Crippen molar-refractivity contribution in [3.05, 3.63) is 44.5 Å². The molecule has 1 atom stereocenters. The van der Waals surface area contributed by atoms with Crippen molar-refractivity contribution in [1.82, 2.24) is 9.78 Å². The van der Waals surface area contributed by atoms with Crippen LogP contribution in [-0.2, 0) is 0 Å². The lowest BCUT2D eigenvalue weighted by Crippen LogP contribution is -2.12. The van der Waals surface area contributed by atoms with Crippen LogP contribution in [0.4, 0.5) is 5.82 Å². The lowest BCUT2D eigenvalue weighted by molar-refractivity contribution is 0.573. The van der Waals surface area contributed by atoms with Gasteiger partial charge in [-0.25, -0.2) is 4.68 Å². The van der Waals surface area contributed by atoms with E-state index in [1.807, 2.05) is 19.1 Å². The first kappa shape index (κ1) is 12.7. The average Bonchev–Trinajstić information content (AvgIpc) is 2.63. The molecule has 1 heterocycles. The highest BCUT2D eigenvalue weighted by Gasteiger charge is 2.17. The summed E-state index contributed by atoms with van der Waals surface area (Å²) in [6.07, 6.45) is 1.66. The highest BCUT2D eigenvalue weighted by atomic mass is 79.9. The van der Waals surface area contributed by atoms with Gasteiger partial charge in [0.2, 0.25) is 0 Å². The van der Waals surface area contributed by atoms with Crippen molar-refractivity contribution in [3.63, 3.8) is 0 Å². The van der Waals surface area contributed by atoms with Crippen molar-refractivity contribution < 1.29 is 0 Å². The zero-order valence-electron chi connectivity index (χ0n) is 8.99. The van der Waals surface area contributed by atoms with Crippen LogP contribution in [0, 0.1) is 0 Å². The van der Waals surface area contributed by atoms with E-state index in [1.165, 1.54) is 0 Å². The largest absolute Gasteiger partial charge is 0.383 e. The molecule has 1 aromatic carbocycles. The Kier molecular flexibility index (Phi) is 3.66. The number of aromatic nitrogens is 2. The van der Waals surface area contributed by atoms with E-state index >= 15 is 0 Å². The summed E-state index contributed by atoms with van der Waals surface area (Å²) in [4.78, 5) is 0. The lowest BCUT2D eigenvalue weighted by Gasteiger charge is -2.16. The Balaban J connectivity index is 2.47. The first-order chi connectivity index (χ1) is 8.02. The number of hydrogen-bond donors (Lipinski definition) is 1. The molecule has 0 spiro atoms. The van der Waals surface area contributed by atoms with Gasteiger partial charge in [-0.1, -0.05) is 35.3 Å². The molecule has 0 saturated heterocycles. The Morgan fingerprint density at radius 3 is 2.71 bits per heavy atom. The SMILES string of the molecule is CC(c1cccc(Cl)c1Cl)n1ncc(Br)c1N. The normalized spacial score (nSPS) is 12.7. The van der Waals surface area contributed by atoms with Crippen LogP contribution in [0.1, 0.15) is 18.5 Å². The minimum Gasteiger partial charge on any atom is -0.383 e. The number of nitrogens with two attached hydrogens (primary N) is 1. The molecule has 90 valence electrons. The second kappa shape index (κ2) is 4.88. The minimum absolute atomic E-state index is 0.0764. The van der Waals surface area contributed by atoms with Gasteiger partial charge in [0.25, 0.3) is 0 Å². The third kappa shape index (κ3) is 2.30. The molecule has 0 fully saturated rings. The second-order valence-corrected chi connectivity index (χ2v) is 5.28. The monoisotopic (exact) mass is 333 g/mol. The predicted octanol–water partition coefficient (Wildman–Crippen LogP) is 4.14. The van der Waals surface area contributed by atoms with E-state index in [0.717, 1.165) is 10.0 Å². The average molecular weight is 335 g/mol. The highest BCUT2D eigenvalue weighted by Crippen LogP contribution is 2.33. The molecule has 6 heteroatoms. The van der Waals surface area contributed by atoms with Gasteiger partial charge in [0, 0.05) is 0 Å². The van der Waals surface area contributed by atoms with Crippen molar-refractivity contribution in [3.8, 4) is 0 Å². The van der Waals surface area contributed by atoms with Gasteiger partial charge in [0.15, 0.2) is 0 Å². The molecular formula is C11H10BrCl2N3. The number of anilines is 1. The molecule has 2 aromatic rings. The van der Waals surface area contributed by atoms with E-state index in [2.05, 4.69) is 21.0 Å². The van der Waals surface area contributed by atoms with E-state index in [-0.39, 0.29) is 6.04 Å². The molecule has 1 unspecified atom stereocenters. The number of benzene rings is 1. The van der Waals surface area contributed by atoms with Crippen LogP contribution >= 0.6 is 39.1 Å². The maximum atomic E-state index is 6.17. The molecule has 0 saturated carbocycles. The van der Waals surface area contributed by atoms with E-state index in [0.29, 0.717) is 15.9 Å². The Labute approximate surface area is 118 Å². The van der Waals surface area contributed by atoms with Crippen LogP contribution in [-0.4, -0.2) is 9.78 Å². The lowest BCUT2D eigenvalue weighted by atomic mass is 10.1. The molecule has 0 aliphatic carbocycles. The van der Waals surface area contributed by atoms with E-state index < -0.39 is 0 Å². The van der Waals surface area contributed by atoms with Gasteiger partial charge in [-0.15, -0.1) is 0 Å². The fourth-order valence-corrected chi connectivity index (χ4v) is 2.37. The van der Waals surface area contributed by atoms with Crippen LogP contribution in [0.5, 0.6) is 0 Å². The summed E-state index contributed by atoms with van der Waals surface area (Å²) in [6.45, 7) is 1.97.